The Balaban J connectivity index is 0.00000264. The van der Waals surface area contributed by atoms with Gasteiger partial charge in [0, 0.05) is 48.8 Å². The Kier molecular flexibility index (Phi) is 8.44. The first-order valence-corrected chi connectivity index (χ1v) is 8.70. The second-order valence-electron chi connectivity index (χ2n) is 5.28. The van der Waals surface area contributed by atoms with E-state index in [-0.39, 0.29) is 24.2 Å². The zero-order valence-corrected chi connectivity index (χ0v) is 15.2. The fraction of sp³-hybridized carbons (Fsp3) is 0.500. The lowest BCUT2D eigenvalue weighted by molar-refractivity contribution is -0.116. The summed E-state index contributed by atoms with van der Waals surface area (Å²) in [6, 6.07) is 5.50. The van der Waals surface area contributed by atoms with Gasteiger partial charge in [0.2, 0.25) is 5.91 Å². The molecule has 1 saturated heterocycles. The molecule has 1 fully saturated rings. The lowest BCUT2D eigenvalue weighted by Gasteiger charge is -2.27. The third-order valence-corrected chi connectivity index (χ3v) is 4.68. The van der Waals surface area contributed by atoms with E-state index in [9.17, 15) is 9.59 Å². The summed E-state index contributed by atoms with van der Waals surface area (Å²) >= 11 is 1.88. The van der Waals surface area contributed by atoms with Crippen LogP contribution in [0.15, 0.2) is 18.2 Å². The molecule has 1 aliphatic rings. The molecule has 23 heavy (non-hydrogen) atoms. The monoisotopic (exact) mass is 357 g/mol. The minimum Gasteiger partial charge on any atom is -0.337 e. The van der Waals surface area contributed by atoms with Crippen LogP contribution in [0.5, 0.6) is 0 Å². The number of rotatable bonds is 5. The second-order valence-corrected chi connectivity index (χ2v) is 6.51. The number of anilines is 1. The van der Waals surface area contributed by atoms with Crippen molar-refractivity contribution in [3.05, 3.63) is 29.3 Å². The number of halogens is 1. The van der Waals surface area contributed by atoms with Crippen molar-refractivity contribution in [2.45, 2.75) is 13.3 Å². The van der Waals surface area contributed by atoms with E-state index in [2.05, 4.69) is 10.6 Å². The highest BCUT2D eigenvalue weighted by molar-refractivity contribution is 7.99. The van der Waals surface area contributed by atoms with Gasteiger partial charge in [-0.1, -0.05) is 6.07 Å². The highest BCUT2D eigenvalue weighted by atomic mass is 35.5. The summed E-state index contributed by atoms with van der Waals surface area (Å²) in [6.45, 7) is 4.11. The van der Waals surface area contributed by atoms with Crippen molar-refractivity contribution in [2.75, 3.05) is 43.5 Å². The van der Waals surface area contributed by atoms with Gasteiger partial charge in [0.05, 0.1) is 0 Å². The quantitative estimate of drug-likeness (QED) is 0.847. The molecule has 1 aromatic carbocycles. The highest BCUT2D eigenvalue weighted by Crippen LogP contribution is 2.22. The number of carbonyl (C=O) groups excluding carboxylic acids is 2. The molecule has 0 saturated carbocycles. The summed E-state index contributed by atoms with van der Waals surface area (Å²) in [4.78, 5) is 26.4. The van der Waals surface area contributed by atoms with Crippen LogP contribution in [0.25, 0.3) is 0 Å². The molecular formula is C16H24ClN3O2S. The molecule has 1 heterocycles. The topological polar surface area (TPSA) is 61.4 Å². The lowest BCUT2D eigenvalue weighted by atomic mass is 10.0. The molecule has 0 bridgehead atoms. The summed E-state index contributed by atoms with van der Waals surface area (Å²) in [7, 11) is 1.81. The van der Waals surface area contributed by atoms with E-state index in [1.165, 1.54) is 0 Å². The summed E-state index contributed by atoms with van der Waals surface area (Å²) in [5.74, 6) is 2.00. The Morgan fingerprint density at radius 1 is 1.26 bits per heavy atom. The van der Waals surface area contributed by atoms with Crippen LogP contribution in [0.2, 0.25) is 0 Å². The molecule has 2 N–H and O–H groups in total. The van der Waals surface area contributed by atoms with Crippen LogP contribution in [0.3, 0.4) is 0 Å². The summed E-state index contributed by atoms with van der Waals surface area (Å²) in [5.41, 5.74) is 2.24. The summed E-state index contributed by atoms with van der Waals surface area (Å²) < 4.78 is 0. The third kappa shape index (κ3) is 5.41. The average Bonchev–Trinajstić information content (AvgIpc) is 2.55. The zero-order chi connectivity index (χ0) is 15.9. The smallest absolute Gasteiger partial charge is 0.254 e. The molecule has 2 amide bonds. The van der Waals surface area contributed by atoms with Crippen LogP contribution >= 0.6 is 24.2 Å². The molecule has 0 aromatic heterocycles. The van der Waals surface area contributed by atoms with Crippen LogP contribution in [0.1, 0.15) is 22.3 Å². The summed E-state index contributed by atoms with van der Waals surface area (Å²) in [6.07, 6.45) is 0.414. The molecule has 1 aliphatic heterocycles. The Hall–Kier alpha value is -1.24. The molecule has 0 spiro atoms. The van der Waals surface area contributed by atoms with Gasteiger partial charge >= 0.3 is 0 Å². The molecule has 1 aromatic rings. The first-order valence-electron chi connectivity index (χ1n) is 7.54. The Morgan fingerprint density at radius 2 is 1.96 bits per heavy atom. The first-order chi connectivity index (χ1) is 10.6. The largest absolute Gasteiger partial charge is 0.337 e. The fourth-order valence-corrected chi connectivity index (χ4v) is 3.29. The number of benzene rings is 1. The van der Waals surface area contributed by atoms with Crippen LogP contribution in [0, 0.1) is 6.92 Å². The molecule has 0 radical (unpaired) electrons. The van der Waals surface area contributed by atoms with E-state index in [0.29, 0.717) is 18.5 Å². The minimum atomic E-state index is -0.0450. The van der Waals surface area contributed by atoms with Crippen LogP contribution in [-0.4, -0.2) is 54.9 Å². The van der Waals surface area contributed by atoms with Gasteiger partial charge in [-0.2, -0.15) is 11.8 Å². The second kappa shape index (κ2) is 9.80. The van der Waals surface area contributed by atoms with E-state index in [1.807, 2.05) is 48.8 Å². The van der Waals surface area contributed by atoms with E-state index >= 15 is 0 Å². The van der Waals surface area contributed by atoms with Gasteiger partial charge in [0.25, 0.3) is 5.91 Å². The third-order valence-electron chi connectivity index (χ3n) is 3.74. The average molecular weight is 358 g/mol. The normalized spacial score (nSPS) is 14.1. The maximum absolute atomic E-state index is 12.6. The Morgan fingerprint density at radius 3 is 2.61 bits per heavy atom. The number of nitrogens with zero attached hydrogens (tertiary/aromatic N) is 1. The number of nitrogens with one attached hydrogen (secondary N) is 2. The van der Waals surface area contributed by atoms with Gasteiger partial charge < -0.3 is 15.5 Å². The molecule has 7 heteroatoms. The van der Waals surface area contributed by atoms with Crippen molar-refractivity contribution in [1.82, 2.24) is 10.2 Å². The van der Waals surface area contributed by atoms with Crippen molar-refractivity contribution >= 4 is 41.7 Å². The molecule has 5 nitrogen and oxygen atoms in total. The van der Waals surface area contributed by atoms with E-state index in [0.717, 1.165) is 35.8 Å². The van der Waals surface area contributed by atoms with Gasteiger partial charge in [0.1, 0.15) is 0 Å². The maximum Gasteiger partial charge on any atom is 0.254 e. The van der Waals surface area contributed by atoms with Crippen molar-refractivity contribution in [2.24, 2.45) is 0 Å². The molecular weight excluding hydrogens is 334 g/mol. The predicted molar refractivity (Wildman–Crippen MR) is 98.8 cm³/mol. The van der Waals surface area contributed by atoms with E-state index in [4.69, 9.17) is 0 Å². The Bertz CT molecular complexity index is 548. The standard InChI is InChI=1S/C16H23N3O2S.ClH/c1-12-13(16(21)19-8-10-22-11-9-19)4-3-5-14(12)18-15(20)6-7-17-2;/h3-5,17H,6-11H2,1-2H3,(H,18,20);1H. The number of amides is 2. The van der Waals surface area contributed by atoms with Gasteiger partial charge in [-0.3, -0.25) is 9.59 Å². The van der Waals surface area contributed by atoms with Gasteiger partial charge in [0.15, 0.2) is 0 Å². The van der Waals surface area contributed by atoms with Crippen LogP contribution in [0.4, 0.5) is 5.69 Å². The van der Waals surface area contributed by atoms with Crippen molar-refractivity contribution in [3.63, 3.8) is 0 Å². The molecule has 0 unspecified atom stereocenters. The highest BCUT2D eigenvalue weighted by Gasteiger charge is 2.21. The molecule has 0 atom stereocenters. The maximum atomic E-state index is 12.6. The van der Waals surface area contributed by atoms with Gasteiger partial charge in [-0.05, 0) is 31.7 Å². The van der Waals surface area contributed by atoms with Gasteiger partial charge in [-0.15, -0.1) is 12.4 Å². The lowest BCUT2D eigenvalue weighted by Crippen LogP contribution is -2.38. The summed E-state index contributed by atoms with van der Waals surface area (Å²) in [5, 5.41) is 5.84. The number of hydrogen-bond acceptors (Lipinski definition) is 4. The molecule has 0 aliphatic carbocycles. The Labute approximate surface area is 148 Å². The van der Waals surface area contributed by atoms with Crippen molar-refractivity contribution in [3.8, 4) is 0 Å². The fourth-order valence-electron chi connectivity index (χ4n) is 2.39. The van der Waals surface area contributed by atoms with Crippen molar-refractivity contribution < 1.29 is 9.59 Å². The predicted octanol–water partition coefficient (Wildman–Crippen LogP) is 2.15. The zero-order valence-electron chi connectivity index (χ0n) is 13.6. The van der Waals surface area contributed by atoms with Crippen molar-refractivity contribution in [1.29, 1.82) is 0 Å². The number of hydrogen-bond donors (Lipinski definition) is 2. The number of thioether (sulfide) groups is 1. The molecule has 2 rings (SSSR count). The first kappa shape index (κ1) is 19.8. The minimum absolute atomic E-state index is 0. The van der Waals surface area contributed by atoms with Crippen LogP contribution in [-0.2, 0) is 4.79 Å². The number of carbonyl (C=O) groups is 2. The van der Waals surface area contributed by atoms with E-state index in [1.54, 1.807) is 0 Å². The molecule has 128 valence electrons. The van der Waals surface area contributed by atoms with Gasteiger partial charge in [-0.25, -0.2) is 0 Å². The van der Waals surface area contributed by atoms with E-state index < -0.39 is 0 Å². The van der Waals surface area contributed by atoms with Crippen LogP contribution < -0.4 is 10.6 Å². The SMILES string of the molecule is CNCCC(=O)Nc1cccc(C(=O)N2CCSCC2)c1C.Cl.